The first-order valence-electron chi connectivity index (χ1n) is 8.00. The summed E-state index contributed by atoms with van der Waals surface area (Å²) in [5.74, 6) is 0.847. The van der Waals surface area contributed by atoms with Crippen LogP contribution in [0.1, 0.15) is 18.6 Å². The van der Waals surface area contributed by atoms with Crippen molar-refractivity contribution >= 4 is 11.5 Å². The zero-order valence-electron chi connectivity index (χ0n) is 13.5. The van der Waals surface area contributed by atoms with Crippen LogP contribution in [-0.2, 0) is 19.1 Å². The van der Waals surface area contributed by atoms with E-state index >= 15 is 0 Å². The minimum Gasteiger partial charge on any atom is -0.354 e. The van der Waals surface area contributed by atoms with Gasteiger partial charge in [-0.25, -0.2) is 4.98 Å². The minimum absolute atomic E-state index is 0.0825. The zero-order chi connectivity index (χ0) is 17.6. The van der Waals surface area contributed by atoms with Gasteiger partial charge in [0.05, 0.1) is 0 Å². The lowest BCUT2D eigenvalue weighted by Gasteiger charge is -2.40. The molecule has 1 aliphatic heterocycles. The van der Waals surface area contributed by atoms with Gasteiger partial charge in [0.15, 0.2) is 5.65 Å². The highest BCUT2D eigenvalue weighted by molar-refractivity contribution is 5.47. The Bertz CT molecular complexity index is 892. The third kappa shape index (κ3) is 2.81. The topological polar surface area (TPSA) is 64.1 Å². The van der Waals surface area contributed by atoms with E-state index in [4.69, 9.17) is 0 Å². The van der Waals surface area contributed by atoms with Gasteiger partial charge < -0.3 is 9.47 Å². The Kier molecular flexibility index (Phi) is 3.62. The number of imidazole rings is 1. The number of alkyl halides is 3. The Morgan fingerprint density at radius 2 is 2.00 bits per heavy atom. The van der Waals surface area contributed by atoms with Crippen molar-refractivity contribution in [1.29, 1.82) is 0 Å². The smallest absolute Gasteiger partial charge is 0.354 e. The maximum atomic E-state index is 12.9. The molecule has 0 saturated carbocycles. The van der Waals surface area contributed by atoms with Gasteiger partial charge in [-0.3, -0.25) is 0 Å². The number of aryl methyl sites for hydroxylation is 1. The monoisotopic (exact) mass is 351 g/mol. The van der Waals surface area contributed by atoms with Crippen molar-refractivity contribution < 1.29 is 13.2 Å². The van der Waals surface area contributed by atoms with E-state index in [1.807, 2.05) is 11.1 Å². The van der Waals surface area contributed by atoms with Crippen LogP contribution in [0.3, 0.4) is 0 Å². The van der Waals surface area contributed by atoms with Gasteiger partial charge in [-0.15, -0.1) is 15.3 Å². The number of aromatic nitrogens is 6. The van der Waals surface area contributed by atoms with Crippen LogP contribution in [0.4, 0.5) is 19.0 Å². The molecule has 25 heavy (non-hydrogen) atoms. The fourth-order valence-corrected chi connectivity index (χ4v) is 3.10. The molecule has 0 radical (unpaired) electrons. The normalized spacial score (nSPS) is 15.8. The minimum atomic E-state index is -4.58. The van der Waals surface area contributed by atoms with Crippen molar-refractivity contribution in [3.05, 3.63) is 36.2 Å². The summed E-state index contributed by atoms with van der Waals surface area (Å²) in [7, 11) is 0. The van der Waals surface area contributed by atoms with E-state index in [0.29, 0.717) is 11.7 Å². The Morgan fingerprint density at radius 3 is 2.72 bits per heavy atom. The molecule has 132 valence electrons. The average molecular weight is 351 g/mol. The van der Waals surface area contributed by atoms with Crippen LogP contribution in [0.2, 0.25) is 0 Å². The van der Waals surface area contributed by atoms with Gasteiger partial charge in [0.1, 0.15) is 11.6 Å². The van der Waals surface area contributed by atoms with Crippen LogP contribution in [-0.4, -0.2) is 42.5 Å². The summed E-state index contributed by atoms with van der Waals surface area (Å²) < 4.78 is 41.7. The molecule has 1 aliphatic rings. The SMILES string of the molecule is CCc1nccn1CC1CN(c2ccc3nnc(C(F)(F)F)n3n2)C1. The first-order chi connectivity index (χ1) is 12.0. The second-order valence-electron chi connectivity index (χ2n) is 6.10. The van der Waals surface area contributed by atoms with Crippen LogP contribution in [0.15, 0.2) is 24.5 Å². The molecule has 10 heteroatoms. The molecule has 0 aliphatic carbocycles. The van der Waals surface area contributed by atoms with E-state index in [1.54, 1.807) is 12.3 Å². The second kappa shape index (κ2) is 5.71. The molecule has 0 unspecified atom stereocenters. The number of nitrogens with zero attached hydrogens (tertiary/aromatic N) is 7. The number of fused-ring (bicyclic) bond motifs is 1. The molecule has 3 aromatic heterocycles. The molecule has 0 aromatic carbocycles. The van der Waals surface area contributed by atoms with Crippen molar-refractivity contribution in [2.75, 3.05) is 18.0 Å². The van der Waals surface area contributed by atoms with E-state index in [-0.39, 0.29) is 5.65 Å². The third-order valence-electron chi connectivity index (χ3n) is 4.36. The average Bonchev–Trinajstić information content (AvgIpc) is 3.15. The number of anilines is 1. The quantitative estimate of drug-likeness (QED) is 0.720. The maximum Gasteiger partial charge on any atom is 0.453 e. The van der Waals surface area contributed by atoms with E-state index in [1.165, 1.54) is 6.07 Å². The van der Waals surface area contributed by atoms with Crippen LogP contribution in [0, 0.1) is 5.92 Å². The van der Waals surface area contributed by atoms with Gasteiger partial charge >= 0.3 is 6.18 Å². The molecule has 7 nitrogen and oxygen atoms in total. The maximum absolute atomic E-state index is 12.9. The molecule has 0 atom stereocenters. The summed E-state index contributed by atoms with van der Waals surface area (Å²) in [5, 5.41) is 10.8. The Hall–Kier alpha value is -2.65. The molecule has 3 aromatic rings. The van der Waals surface area contributed by atoms with E-state index < -0.39 is 12.0 Å². The first kappa shape index (κ1) is 15.9. The fraction of sp³-hybridized carbons (Fsp3) is 0.467. The molecule has 0 N–H and O–H groups in total. The van der Waals surface area contributed by atoms with Crippen LogP contribution in [0.25, 0.3) is 5.65 Å². The van der Waals surface area contributed by atoms with E-state index in [0.717, 1.165) is 36.4 Å². The van der Waals surface area contributed by atoms with Gasteiger partial charge in [0, 0.05) is 44.4 Å². The Morgan fingerprint density at radius 1 is 1.20 bits per heavy atom. The number of rotatable bonds is 4. The summed E-state index contributed by atoms with van der Waals surface area (Å²) in [5.41, 5.74) is 0.0825. The molecule has 4 rings (SSSR count). The highest BCUT2D eigenvalue weighted by atomic mass is 19.4. The van der Waals surface area contributed by atoms with Gasteiger partial charge in [-0.2, -0.15) is 17.7 Å². The highest BCUT2D eigenvalue weighted by Crippen LogP contribution is 2.29. The first-order valence-corrected chi connectivity index (χ1v) is 8.00. The van der Waals surface area contributed by atoms with Crippen LogP contribution >= 0.6 is 0 Å². The van der Waals surface area contributed by atoms with E-state index in [9.17, 15) is 13.2 Å². The molecular weight excluding hydrogens is 335 g/mol. The number of halogens is 3. The van der Waals surface area contributed by atoms with Crippen molar-refractivity contribution in [3.63, 3.8) is 0 Å². The summed E-state index contributed by atoms with van der Waals surface area (Å²) in [6, 6.07) is 3.18. The predicted molar refractivity (Wildman–Crippen MR) is 83.1 cm³/mol. The van der Waals surface area contributed by atoms with Gasteiger partial charge in [-0.1, -0.05) is 6.92 Å². The van der Waals surface area contributed by atoms with Crippen molar-refractivity contribution in [2.45, 2.75) is 26.1 Å². The standard InChI is InChI=1S/C15H16F3N7/c1-2-11-19-5-6-23(11)7-10-8-24(9-10)13-4-3-12-20-21-14(15(16,17)18)25(12)22-13/h3-6,10H,2,7-9H2,1H3. The van der Waals surface area contributed by atoms with E-state index in [2.05, 4.69) is 31.8 Å². The van der Waals surface area contributed by atoms with Gasteiger partial charge in [0.25, 0.3) is 5.82 Å². The van der Waals surface area contributed by atoms with Crippen molar-refractivity contribution in [2.24, 2.45) is 5.92 Å². The third-order valence-corrected chi connectivity index (χ3v) is 4.36. The molecule has 0 amide bonds. The van der Waals surface area contributed by atoms with Crippen molar-refractivity contribution in [1.82, 2.24) is 29.4 Å². The molecule has 4 heterocycles. The molecular formula is C15H16F3N7. The van der Waals surface area contributed by atoms with Gasteiger partial charge in [-0.05, 0) is 12.1 Å². The molecule has 1 fully saturated rings. The Balaban J connectivity index is 1.49. The number of hydrogen-bond acceptors (Lipinski definition) is 5. The predicted octanol–water partition coefficient (Wildman–Crippen LogP) is 2.04. The largest absolute Gasteiger partial charge is 0.453 e. The molecule has 0 spiro atoms. The number of hydrogen-bond donors (Lipinski definition) is 0. The Labute approximate surface area is 141 Å². The lowest BCUT2D eigenvalue weighted by Crippen LogP contribution is -2.49. The summed E-state index contributed by atoms with van der Waals surface area (Å²) in [6.45, 7) is 4.39. The molecule has 1 saturated heterocycles. The van der Waals surface area contributed by atoms with Gasteiger partial charge in [0.2, 0.25) is 0 Å². The lowest BCUT2D eigenvalue weighted by molar-refractivity contribution is -0.146. The second-order valence-corrected chi connectivity index (χ2v) is 6.10. The summed E-state index contributed by atoms with van der Waals surface area (Å²) >= 11 is 0. The highest BCUT2D eigenvalue weighted by Gasteiger charge is 2.38. The van der Waals surface area contributed by atoms with Crippen LogP contribution in [0.5, 0.6) is 0 Å². The zero-order valence-corrected chi connectivity index (χ0v) is 13.5. The summed E-state index contributed by atoms with van der Waals surface area (Å²) in [4.78, 5) is 6.25. The van der Waals surface area contributed by atoms with Crippen molar-refractivity contribution in [3.8, 4) is 0 Å². The van der Waals surface area contributed by atoms with Crippen LogP contribution < -0.4 is 4.90 Å². The lowest BCUT2D eigenvalue weighted by atomic mass is 10.00. The fourth-order valence-electron chi connectivity index (χ4n) is 3.10. The molecule has 0 bridgehead atoms. The summed E-state index contributed by atoms with van der Waals surface area (Å²) in [6.07, 6.45) is 0.0318.